The van der Waals surface area contributed by atoms with Gasteiger partial charge in [-0.2, -0.15) is 0 Å². The van der Waals surface area contributed by atoms with Gasteiger partial charge in [0.1, 0.15) is 0 Å². The fourth-order valence-corrected chi connectivity index (χ4v) is 3.16. The first-order chi connectivity index (χ1) is 12.4. The highest BCUT2D eigenvalue weighted by Gasteiger charge is 2.11. The summed E-state index contributed by atoms with van der Waals surface area (Å²) in [6.07, 6.45) is 0. The van der Waals surface area contributed by atoms with E-state index in [-0.39, 0.29) is 11.8 Å². The lowest BCUT2D eigenvalue weighted by atomic mass is 10.1. The van der Waals surface area contributed by atoms with Crippen LogP contribution in [0, 0.1) is 13.8 Å². The summed E-state index contributed by atoms with van der Waals surface area (Å²) in [4.78, 5) is 27.9. The quantitative estimate of drug-likeness (QED) is 0.708. The van der Waals surface area contributed by atoms with Crippen molar-refractivity contribution < 1.29 is 9.59 Å². The molecule has 3 aromatic rings. The highest BCUT2D eigenvalue weighted by molar-refractivity contribution is 7.14. The van der Waals surface area contributed by atoms with E-state index in [1.807, 2.05) is 61.7 Å². The number of carbonyl (C=O) groups excluding carboxylic acids is 2. The molecule has 0 aliphatic heterocycles. The van der Waals surface area contributed by atoms with Gasteiger partial charge in [0.25, 0.3) is 5.91 Å². The van der Waals surface area contributed by atoms with Crippen LogP contribution in [0.4, 0.5) is 10.8 Å². The van der Waals surface area contributed by atoms with E-state index in [2.05, 4.69) is 15.6 Å². The molecule has 5 nitrogen and oxygen atoms in total. The maximum Gasteiger partial charge on any atom is 0.257 e. The largest absolute Gasteiger partial charge is 0.326 e. The summed E-state index contributed by atoms with van der Waals surface area (Å²) in [5.41, 5.74) is 5.28. The second kappa shape index (κ2) is 7.49. The fourth-order valence-electron chi connectivity index (χ4n) is 2.44. The Kier molecular flexibility index (Phi) is 5.14. The summed E-state index contributed by atoms with van der Waals surface area (Å²) in [5.74, 6) is -0.280. The number of amides is 2. The smallest absolute Gasteiger partial charge is 0.257 e. The maximum absolute atomic E-state index is 12.4. The van der Waals surface area contributed by atoms with E-state index in [9.17, 15) is 9.59 Å². The Bertz CT molecular complexity index is 961. The van der Waals surface area contributed by atoms with Gasteiger partial charge < -0.3 is 5.32 Å². The molecule has 0 bridgehead atoms. The molecule has 0 spiro atoms. The monoisotopic (exact) mass is 365 g/mol. The number of benzene rings is 2. The van der Waals surface area contributed by atoms with Gasteiger partial charge in [-0.3, -0.25) is 14.9 Å². The molecule has 3 rings (SSSR count). The number of hydrogen-bond donors (Lipinski definition) is 2. The van der Waals surface area contributed by atoms with Crippen LogP contribution < -0.4 is 10.6 Å². The van der Waals surface area contributed by atoms with Crippen molar-refractivity contribution in [1.29, 1.82) is 0 Å². The molecule has 1 heterocycles. The Morgan fingerprint density at radius 1 is 0.962 bits per heavy atom. The van der Waals surface area contributed by atoms with Crippen LogP contribution in [-0.2, 0) is 4.79 Å². The molecule has 0 saturated heterocycles. The van der Waals surface area contributed by atoms with Crippen molar-refractivity contribution in [3.63, 3.8) is 0 Å². The summed E-state index contributed by atoms with van der Waals surface area (Å²) in [7, 11) is 0. The Morgan fingerprint density at radius 3 is 2.35 bits per heavy atom. The average Bonchev–Trinajstić information content (AvgIpc) is 3.06. The first kappa shape index (κ1) is 17.8. The van der Waals surface area contributed by atoms with Crippen LogP contribution in [0.2, 0.25) is 0 Å². The SMILES string of the molecule is CC(=O)Nc1ccc(-c2csc(NC(=O)c3ccc(C)c(C)c3)n2)cc1. The van der Waals surface area contributed by atoms with Crippen LogP contribution in [-0.4, -0.2) is 16.8 Å². The molecule has 2 amide bonds. The van der Waals surface area contributed by atoms with Gasteiger partial charge in [-0.25, -0.2) is 4.98 Å². The second-order valence-corrected chi connectivity index (χ2v) is 6.91. The van der Waals surface area contributed by atoms with Crippen LogP contribution in [0.5, 0.6) is 0 Å². The van der Waals surface area contributed by atoms with Crippen LogP contribution in [0.25, 0.3) is 11.3 Å². The highest BCUT2D eigenvalue weighted by Crippen LogP contribution is 2.26. The van der Waals surface area contributed by atoms with E-state index in [1.165, 1.54) is 18.3 Å². The van der Waals surface area contributed by atoms with Crippen molar-refractivity contribution in [2.45, 2.75) is 20.8 Å². The average molecular weight is 365 g/mol. The predicted octanol–water partition coefficient (Wildman–Crippen LogP) is 4.64. The maximum atomic E-state index is 12.4. The van der Waals surface area contributed by atoms with Gasteiger partial charge in [0.2, 0.25) is 5.91 Å². The van der Waals surface area contributed by atoms with Gasteiger partial charge >= 0.3 is 0 Å². The Morgan fingerprint density at radius 2 is 1.69 bits per heavy atom. The Labute approximate surface area is 156 Å². The number of aryl methyl sites for hydroxylation is 2. The van der Waals surface area contributed by atoms with Crippen molar-refractivity contribution in [3.05, 3.63) is 64.5 Å². The predicted molar refractivity (Wildman–Crippen MR) is 106 cm³/mol. The van der Waals surface area contributed by atoms with E-state index in [0.29, 0.717) is 10.7 Å². The van der Waals surface area contributed by atoms with Gasteiger partial charge in [-0.05, 0) is 49.2 Å². The second-order valence-electron chi connectivity index (χ2n) is 6.05. The molecule has 0 fully saturated rings. The standard InChI is InChI=1S/C20H19N3O2S/c1-12-4-5-16(10-13(12)2)19(25)23-20-22-18(11-26-20)15-6-8-17(9-7-15)21-14(3)24/h4-11H,1-3H3,(H,21,24)(H,22,23,25). The van der Waals surface area contributed by atoms with Crippen molar-refractivity contribution in [1.82, 2.24) is 4.98 Å². The molecule has 0 aliphatic carbocycles. The number of aromatic nitrogens is 1. The van der Waals surface area contributed by atoms with Gasteiger partial charge in [0.05, 0.1) is 5.69 Å². The summed E-state index contributed by atoms with van der Waals surface area (Å²) < 4.78 is 0. The summed E-state index contributed by atoms with van der Waals surface area (Å²) in [6, 6.07) is 13.0. The van der Waals surface area contributed by atoms with E-state index in [1.54, 1.807) is 0 Å². The van der Waals surface area contributed by atoms with E-state index >= 15 is 0 Å². The third-order valence-corrected chi connectivity index (χ3v) is 4.75. The first-order valence-corrected chi connectivity index (χ1v) is 9.02. The molecule has 0 saturated carbocycles. The highest BCUT2D eigenvalue weighted by atomic mass is 32.1. The minimum atomic E-state index is -0.171. The van der Waals surface area contributed by atoms with Crippen LogP contribution >= 0.6 is 11.3 Å². The lowest BCUT2D eigenvalue weighted by Gasteiger charge is -2.05. The van der Waals surface area contributed by atoms with Gasteiger partial charge in [0, 0.05) is 29.1 Å². The van der Waals surface area contributed by atoms with Crippen LogP contribution in [0.3, 0.4) is 0 Å². The fraction of sp³-hybridized carbons (Fsp3) is 0.150. The lowest BCUT2D eigenvalue weighted by Crippen LogP contribution is -2.12. The number of nitrogens with zero attached hydrogens (tertiary/aromatic N) is 1. The zero-order valence-corrected chi connectivity index (χ0v) is 15.6. The number of nitrogens with one attached hydrogen (secondary N) is 2. The molecular weight excluding hydrogens is 346 g/mol. The molecule has 0 radical (unpaired) electrons. The van der Waals surface area contributed by atoms with Crippen molar-refractivity contribution in [2.75, 3.05) is 10.6 Å². The zero-order valence-electron chi connectivity index (χ0n) is 14.8. The number of thiazole rings is 1. The molecule has 2 N–H and O–H groups in total. The normalized spacial score (nSPS) is 10.4. The number of hydrogen-bond acceptors (Lipinski definition) is 4. The van der Waals surface area contributed by atoms with Crippen molar-refractivity contribution >= 4 is 34.0 Å². The van der Waals surface area contributed by atoms with E-state index in [0.717, 1.165) is 28.1 Å². The van der Waals surface area contributed by atoms with Gasteiger partial charge in [-0.15, -0.1) is 11.3 Å². The Balaban J connectivity index is 1.72. The molecule has 6 heteroatoms. The third-order valence-electron chi connectivity index (χ3n) is 3.99. The van der Waals surface area contributed by atoms with Crippen LogP contribution in [0.1, 0.15) is 28.4 Å². The molecule has 0 unspecified atom stereocenters. The molecular formula is C20H19N3O2S. The first-order valence-electron chi connectivity index (χ1n) is 8.14. The van der Waals surface area contributed by atoms with E-state index in [4.69, 9.17) is 0 Å². The van der Waals surface area contributed by atoms with E-state index < -0.39 is 0 Å². The zero-order chi connectivity index (χ0) is 18.7. The number of rotatable bonds is 4. The molecule has 26 heavy (non-hydrogen) atoms. The van der Waals surface area contributed by atoms with Crippen molar-refractivity contribution in [2.24, 2.45) is 0 Å². The topological polar surface area (TPSA) is 71.1 Å². The summed E-state index contributed by atoms with van der Waals surface area (Å²) in [5, 5.41) is 8.01. The molecule has 0 atom stereocenters. The molecule has 0 aliphatic rings. The minimum absolute atomic E-state index is 0.109. The summed E-state index contributed by atoms with van der Waals surface area (Å²) in [6.45, 7) is 5.47. The van der Waals surface area contributed by atoms with Crippen LogP contribution in [0.15, 0.2) is 47.8 Å². The Hall–Kier alpha value is -2.99. The van der Waals surface area contributed by atoms with Crippen molar-refractivity contribution in [3.8, 4) is 11.3 Å². The van der Waals surface area contributed by atoms with Gasteiger partial charge in [0.15, 0.2) is 5.13 Å². The third kappa shape index (κ3) is 4.15. The van der Waals surface area contributed by atoms with Gasteiger partial charge in [-0.1, -0.05) is 18.2 Å². The number of carbonyl (C=O) groups is 2. The molecule has 132 valence electrons. The minimum Gasteiger partial charge on any atom is -0.326 e. The summed E-state index contributed by atoms with van der Waals surface area (Å²) >= 11 is 1.38. The molecule has 2 aromatic carbocycles. The number of anilines is 2. The lowest BCUT2D eigenvalue weighted by molar-refractivity contribution is -0.114. The molecule has 1 aromatic heterocycles.